The second kappa shape index (κ2) is 8.10. The third kappa shape index (κ3) is 4.67. The Kier molecular flexibility index (Phi) is 6.41. The molecule has 0 radical (unpaired) electrons. The Morgan fingerprint density at radius 2 is 1.91 bits per heavy atom. The Balaban J connectivity index is 0.00000192. The predicted octanol–water partition coefficient (Wildman–Crippen LogP) is 3.71. The second-order valence-corrected chi connectivity index (χ2v) is 7.66. The third-order valence-corrected chi connectivity index (χ3v) is 5.64. The summed E-state index contributed by atoms with van der Waals surface area (Å²) >= 11 is 3.06. The quantitative estimate of drug-likeness (QED) is 0.857. The van der Waals surface area contributed by atoms with Crippen molar-refractivity contribution in [2.24, 2.45) is 5.73 Å². The average Bonchev–Trinajstić information content (AvgIpc) is 3.03. The van der Waals surface area contributed by atoms with E-state index >= 15 is 0 Å². The Morgan fingerprint density at radius 3 is 2.52 bits per heavy atom. The normalized spacial score (nSPS) is 16.4. The molecule has 0 saturated heterocycles. The van der Waals surface area contributed by atoms with E-state index in [1.165, 1.54) is 17.8 Å². The maximum absolute atomic E-state index is 12.4. The van der Waals surface area contributed by atoms with Crippen LogP contribution in [0.4, 0.5) is 5.69 Å². The van der Waals surface area contributed by atoms with Crippen molar-refractivity contribution in [1.82, 2.24) is 10.2 Å². The molecule has 23 heavy (non-hydrogen) atoms. The molecule has 1 aliphatic carbocycles. The molecule has 1 amide bonds. The van der Waals surface area contributed by atoms with Gasteiger partial charge in [-0.3, -0.25) is 4.79 Å². The van der Waals surface area contributed by atoms with Crippen LogP contribution in [0.1, 0.15) is 32.1 Å². The zero-order valence-corrected chi connectivity index (χ0v) is 15.0. The van der Waals surface area contributed by atoms with Gasteiger partial charge in [-0.15, -0.1) is 22.6 Å². The first-order valence-corrected chi connectivity index (χ1v) is 9.00. The first-order chi connectivity index (χ1) is 10.7. The van der Waals surface area contributed by atoms with Gasteiger partial charge < -0.3 is 11.1 Å². The fourth-order valence-electron chi connectivity index (χ4n) is 2.58. The molecule has 0 atom stereocenters. The maximum Gasteiger partial charge on any atom is 0.244 e. The highest BCUT2D eigenvalue weighted by Crippen LogP contribution is 2.30. The summed E-state index contributed by atoms with van der Waals surface area (Å²) in [7, 11) is 0. The Labute approximate surface area is 149 Å². The lowest BCUT2D eigenvalue weighted by molar-refractivity contribution is -0.122. The number of carbonyl (C=O) groups is 1. The van der Waals surface area contributed by atoms with E-state index in [-0.39, 0.29) is 18.3 Å². The summed E-state index contributed by atoms with van der Waals surface area (Å²) in [5.74, 6) is -0.0725. The topological polar surface area (TPSA) is 80.9 Å². The highest BCUT2D eigenvalue weighted by molar-refractivity contribution is 8.01. The molecule has 8 heteroatoms. The van der Waals surface area contributed by atoms with Crippen LogP contribution < -0.4 is 11.1 Å². The van der Waals surface area contributed by atoms with Gasteiger partial charge in [0.2, 0.25) is 5.91 Å². The number of nitrogens with two attached hydrogens (primary N) is 1. The summed E-state index contributed by atoms with van der Waals surface area (Å²) in [6.07, 6.45) is 4.76. The largest absolute Gasteiger partial charge is 0.324 e. The summed E-state index contributed by atoms with van der Waals surface area (Å²) in [5.41, 5.74) is 8.02. The molecule has 1 saturated carbocycles. The standard InChI is InChI=1S/C15H18N4OS2.ClH/c16-15(8-2-1-3-9-15)13(20)18-11-4-6-12(7-5-11)22-14-19-17-10-21-14;/h4-7,10H,1-3,8-9,16H2,(H,18,20);1H. The van der Waals surface area contributed by atoms with E-state index in [4.69, 9.17) is 5.73 Å². The molecule has 2 aromatic rings. The lowest BCUT2D eigenvalue weighted by Crippen LogP contribution is -2.52. The van der Waals surface area contributed by atoms with Gasteiger partial charge in [0, 0.05) is 10.6 Å². The van der Waals surface area contributed by atoms with Gasteiger partial charge in [-0.1, -0.05) is 42.4 Å². The van der Waals surface area contributed by atoms with Gasteiger partial charge >= 0.3 is 0 Å². The van der Waals surface area contributed by atoms with Crippen molar-refractivity contribution in [2.75, 3.05) is 5.32 Å². The molecule has 1 aromatic heterocycles. The van der Waals surface area contributed by atoms with Gasteiger partial charge in [-0.2, -0.15) is 0 Å². The first kappa shape index (κ1) is 18.2. The van der Waals surface area contributed by atoms with Crippen LogP contribution in [0.2, 0.25) is 0 Å². The number of hydrogen-bond donors (Lipinski definition) is 2. The smallest absolute Gasteiger partial charge is 0.244 e. The summed E-state index contributed by atoms with van der Waals surface area (Å²) in [4.78, 5) is 13.4. The lowest BCUT2D eigenvalue weighted by Gasteiger charge is -2.31. The molecule has 0 aliphatic heterocycles. The zero-order valence-electron chi connectivity index (χ0n) is 12.5. The molecule has 1 fully saturated rings. The van der Waals surface area contributed by atoms with E-state index in [9.17, 15) is 4.79 Å². The summed E-state index contributed by atoms with van der Waals surface area (Å²) < 4.78 is 0.903. The predicted molar refractivity (Wildman–Crippen MR) is 96.4 cm³/mol. The zero-order chi connectivity index (χ0) is 15.4. The molecule has 1 aromatic carbocycles. The summed E-state index contributed by atoms with van der Waals surface area (Å²) in [6.45, 7) is 0. The number of anilines is 1. The molecule has 3 N–H and O–H groups in total. The number of aromatic nitrogens is 2. The molecule has 5 nitrogen and oxygen atoms in total. The third-order valence-electron chi connectivity index (χ3n) is 3.86. The van der Waals surface area contributed by atoms with Crippen molar-refractivity contribution in [1.29, 1.82) is 0 Å². The number of carbonyl (C=O) groups excluding carboxylic acids is 1. The summed E-state index contributed by atoms with van der Waals surface area (Å²) in [6, 6.07) is 7.72. The number of rotatable bonds is 4. The van der Waals surface area contributed by atoms with Gasteiger partial charge in [0.1, 0.15) is 5.51 Å². The van der Waals surface area contributed by atoms with E-state index < -0.39 is 5.54 Å². The fraction of sp³-hybridized carbons (Fsp3) is 0.400. The van der Waals surface area contributed by atoms with Crippen molar-refractivity contribution in [2.45, 2.75) is 46.9 Å². The molecular weight excluding hydrogens is 352 g/mol. The monoisotopic (exact) mass is 370 g/mol. The number of hydrogen-bond acceptors (Lipinski definition) is 6. The summed E-state index contributed by atoms with van der Waals surface area (Å²) in [5, 5.41) is 10.7. The van der Waals surface area contributed by atoms with Crippen LogP contribution in [0, 0.1) is 0 Å². The molecule has 0 unspecified atom stereocenters. The number of nitrogens with zero attached hydrogens (tertiary/aromatic N) is 2. The van der Waals surface area contributed by atoms with Gasteiger partial charge in [-0.05, 0) is 37.1 Å². The minimum atomic E-state index is -0.710. The van der Waals surface area contributed by atoms with Crippen LogP contribution >= 0.6 is 35.5 Å². The van der Waals surface area contributed by atoms with Crippen LogP contribution in [0.5, 0.6) is 0 Å². The Bertz CT molecular complexity index is 627. The highest BCUT2D eigenvalue weighted by atomic mass is 35.5. The second-order valence-electron chi connectivity index (χ2n) is 5.50. The van der Waals surface area contributed by atoms with Gasteiger partial charge in [-0.25, -0.2) is 0 Å². The lowest BCUT2D eigenvalue weighted by atomic mass is 9.82. The van der Waals surface area contributed by atoms with Crippen molar-refractivity contribution in [3.8, 4) is 0 Å². The van der Waals surface area contributed by atoms with Gasteiger partial charge in [0.05, 0.1) is 5.54 Å². The van der Waals surface area contributed by atoms with Crippen molar-refractivity contribution >= 4 is 47.1 Å². The maximum atomic E-state index is 12.4. The average molecular weight is 371 g/mol. The van der Waals surface area contributed by atoms with E-state index in [2.05, 4.69) is 15.5 Å². The molecule has 3 rings (SSSR count). The molecule has 0 bridgehead atoms. The van der Waals surface area contributed by atoms with Gasteiger partial charge in [0.25, 0.3) is 0 Å². The van der Waals surface area contributed by atoms with Crippen LogP contribution in [0.15, 0.2) is 39.0 Å². The van der Waals surface area contributed by atoms with E-state index in [0.29, 0.717) is 0 Å². The van der Waals surface area contributed by atoms with Crippen LogP contribution in [-0.2, 0) is 4.79 Å². The molecule has 124 valence electrons. The van der Waals surface area contributed by atoms with Crippen LogP contribution in [0.25, 0.3) is 0 Å². The van der Waals surface area contributed by atoms with Crippen LogP contribution in [0.3, 0.4) is 0 Å². The van der Waals surface area contributed by atoms with E-state index in [0.717, 1.165) is 40.6 Å². The Morgan fingerprint density at radius 1 is 1.22 bits per heavy atom. The van der Waals surface area contributed by atoms with Crippen molar-refractivity contribution in [3.63, 3.8) is 0 Å². The SMILES string of the molecule is Cl.NC1(C(=O)Nc2ccc(Sc3nncs3)cc2)CCCCC1. The molecule has 0 spiro atoms. The number of benzene rings is 1. The number of nitrogens with one attached hydrogen (secondary N) is 1. The molecule has 1 heterocycles. The van der Waals surface area contributed by atoms with Crippen molar-refractivity contribution in [3.05, 3.63) is 29.8 Å². The van der Waals surface area contributed by atoms with E-state index in [1.54, 1.807) is 17.3 Å². The number of amides is 1. The first-order valence-electron chi connectivity index (χ1n) is 7.30. The van der Waals surface area contributed by atoms with Crippen molar-refractivity contribution < 1.29 is 4.79 Å². The van der Waals surface area contributed by atoms with Crippen LogP contribution in [-0.4, -0.2) is 21.6 Å². The molecular formula is C15H19ClN4OS2. The number of halogens is 1. The minimum Gasteiger partial charge on any atom is -0.324 e. The van der Waals surface area contributed by atoms with Gasteiger partial charge in [0.15, 0.2) is 4.34 Å². The highest BCUT2D eigenvalue weighted by Gasteiger charge is 2.35. The van der Waals surface area contributed by atoms with E-state index in [1.807, 2.05) is 24.3 Å². The Hall–Kier alpha value is -1.15. The fourth-order valence-corrected chi connectivity index (χ4v) is 4.03. The molecule has 1 aliphatic rings. The minimum absolute atomic E-state index is 0.